The first-order valence-electron chi connectivity index (χ1n) is 2.69. The van der Waals surface area contributed by atoms with Gasteiger partial charge in [0.05, 0.1) is 5.71 Å². The Morgan fingerprint density at radius 2 is 2.44 bits per heavy atom. The highest BCUT2D eigenvalue weighted by Crippen LogP contribution is 2.12. The van der Waals surface area contributed by atoms with E-state index in [0.29, 0.717) is 0 Å². The number of carbonyl (C=O) groups is 1. The number of nitrogens with one attached hydrogen (secondary N) is 1. The van der Waals surface area contributed by atoms with E-state index in [1.807, 2.05) is 11.8 Å². The van der Waals surface area contributed by atoms with Gasteiger partial charge in [-0.1, -0.05) is 0 Å². The monoisotopic (exact) mass is 144 g/mol. The molecule has 0 bridgehead atoms. The van der Waals surface area contributed by atoms with E-state index >= 15 is 0 Å². The largest absolute Gasteiger partial charge is 0.274 e. The van der Waals surface area contributed by atoms with Crippen molar-refractivity contribution in [2.24, 2.45) is 5.10 Å². The maximum atomic E-state index is 10.3. The molecule has 0 aromatic rings. The second kappa shape index (κ2) is 2.87. The zero-order valence-electron chi connectivity index (χ0n) is 5.18. The fourth-order valence-corrected chi connectivity index (χ4v) is 0.931. The van der Waals surface area contributed by atoms with E-state index in [-0.39, 0.29) is 5.91 Å². The van der Waals surface area contributed by atoms with Crippen LogP contribution >= 0.6 is 11.8 Å². The molecule has 0 spiro atoms. The Balaban J connectivity index is 2.22. The zero-order valence-corrected chi connectivity index (χ0v) is 5.99. The average molecular weight is 144 g/mol. The van der Waals surface area contributed by atoms with Crippen molar-refractivity contribution in [1.82, 2.24) is 5.43 Å². The molecule has 4 heteroatoms. The number of thioether (sulfide) groups is 1. The minimum atomic E-state index is -0.0978. The summed E-state index contributed by atoms with van der Waals surface area (Å²) in [6.45, 7) is 1.45. The van der Waals surface area contributed by atoms with E-state index in [0.717, 1.165) is 17.2 Å². The van der Waals surface area contributed by atoms with Gasteiger partial charge < -0.3 is 0 Å². The highest BCUT2D eigenvalue weighted by molar-refractivity contribution is 8.03. The van der Waals surface area contributed by atoms with Crippen molar-refractivity contribution in [2.75, 3.05) is 11.5 Å². The summed E-state index contributed by atoms with van der Waals surface area (Å²) in [5.74, 6) is 1.85. The molecule has 0 atom stereocenters. The van der Waals surface area contributed by atoms with Gasteiger partial charge in [0.25, 0.3) is 0 Å². The Morgan fingerprint density at radius 3 is 2.78 bits per heavy atom. The lowest BCUT2D eigenvalue weighted by Gasteiger charge is -2.12. The van der Waals surface area contributed by atoms with Crippen LogP contribution in [0.15, 0.2) is 5.10 Å². The molecule has 0 saturated carbocycles. The summed E-state index contributed by atoms with van der Waals surface area (Å²) in [4.78, 5) is 10.3. The van der Waals surface area contributed by atoms with Gasteiger partial charge >= 0.3 is 0 Å². The van der Waals surface area contributed by atoms with Crippen LogP contribution in [0.3, 0.4) is 0 Å². The molecule has 1 N–H and O–H groups in total. The lowest BCUT2D eigenvalue weighted by Crippen LogP contribution is -2.23. The van der Waals surface area contributed by atoms with Gasteiger partial charge in [-0.2, -0.15) is 5.10 Å². The molecule has 3 nitrogen and oxygen atoms in total. The molecule has 0 aromatic heterocycles. The Bertz CT molecular complexity index is 149. The number of carbonyl (C=O) groups excluding carboxylic acids is 1. The first-order valence-corrected chi connectivity index (χ1v) is 3.84. The average Bonchev–Trinajstić information content (AvgIpc) is 1.60. The van der Waals surface area contributed by atoms with Crippen molar-refractivity contribution in [3.8, 4) is 0 Å². The lowest BCUT2D eigenvalue weighted by molar-refractivity contribution is -0.118. The maximum Gasteiger partial charge on any atom is 0.236 e. The molecule has 0 aliphatic carbocycles. The van der Waals surface area contributed by atoms with Crippen LogP contribution in [0.4, 0.5) is 0 Å². The fraction of sp³-hybridized carbons (Fsp3) is 0.600. The number of hydrogen-bond donors (Lipinski definition) is 1. The number of rotatable bonds is 1. The Labute approximate surface area is 57.9 Å². The van der Waals surface area contributed by atoms with Gasteiger partial charge in [-0.05, 0) is 0 Å². The van der Waals surface area contributed by atoms with Gasteiger partial charge in [-0.15, -0.1) is 11.8 Å². The van der Waals surface area contributed by atoms with Crippen molar-refractivity contribution in [2.45, 2.75) is 6.92 Å². The summed E-state index contributed by atoms with van der Waals surface area (Å²) >= 11 is 1.81. The van der Waals surface area contributed by atoms with Crippen LogP contribution in [0.5, 0.6) is 0 Å². The van der Waals surface area contributed by atoms with Crippen LogP contribution in [0.1, 0.15) is 6.92 Å². The first-order chi connectivity index (χ1) is 4.29. The molecule has 1 amide bonds. The van der Waals surface area contributed by atoms with Crippen molar-refractivity contribution in [3.05, 3.63) is 0 Å². The lowest BCUT2D eigenvalue weighted by atomic mass is 10.5. The Kier molecular flexibility index (Phi) is 2.10. The molecule has 1 aliphatic heterocycles. The van der Waals surface area contributed by atoms with E-state index < -0.39 is 0 Å². The van der Waals surface area contributed by atoms with Crippen LogP contribution in [0.2, 0.25) is 0 Å². The Morgan fingerprint density at radius 1 is 1.78 bits per heavy atom. The van der Waals surface area contributed by atoms with Crippen molar-refractivity contribution >= 4 is 23.4 Å². The molecule has 1 fully saturated rings. The second-order valence-electron chi connectivity index (χ2n) is 1.84. The van der Waals surface area contributed by atoms with Gasteiger partial charge in [-0.3, -0.25) is 4.79 Å². The molecule has 0 unspecified atom stereocenters. The van der Waals surface area contributed by atoms with E-state index in [9.17, 15) is 4.79 Å². The predicted octanol–water partition coefficient (Wildman–Crippen LogP) is 0.225. The minimum absolute atomic E-state index is 0.0978. The van der Waals surface area contributed by atoms with Gasteiger partial charge in [0, 0.05) is 18.4 Å². The number of nitrogens with zero attached hydrogens (tertiary/aromatic N) is 1. The summed E-state index contributed by atoms with van der Waals surface area (Å²) in [7, 11) is 0. The van der Waals surface area contributed by atoms with Gasteiger partial charge in [0.2, 0.25) is 5.91 Å². The summed E-state index contributed by atoms with van der Waals surface area (Å²) in [5, 5.41) is 3.83. The van der Waals surface area contributed by atoms with Crippen molar-refractivity contribution < 1.29 is 4.79 Å². The quantitative estimate of drug-likeness (QED) is 0.535. The first kappa shape index (κ1) is 6.61. The van der Waals surface area contributed by atoms with E-state index in [2.05, 4.69) is 10.5 Å². The zero-order chi connectivity index (χ0) is 6.69. The molecule has 0 aromatic carbocycles. The van der Waals surface area contributed by atoms with Crippen molar-refractivity contribution in [3.63, 3.8) is 0 Å². The van der Waals surface area contributed by atoms with Crippen LogP contribution in [0, 0.1) is 0 Å². The Hall–Kier alpha value is -0.510. The standard InChI is InChI=1S/C5H8N2OS/c1-4(8)6-7-5-2-9-3-5/h2-3H2,1H3,(H,6,8). The molecule has 0 radical (unpaired) electrons. The van der Waals surface area contributed by atoms with Gasteiger partial charge in [0.15, 0.2) is 0 Å². The minimum Gasteiger partial charge on any atom is -0.274 e. The van der Waals surface area contributed by atoms with E-state index in [1.165, 1.54) is 6.92 Å². The number of hydrazone groups is 1. The van der Waals surface area contributed by atoms with Gasteiger partial charge in [0.1, 0.15) is 0 Å². The number of hydrogen-bond acceptors (Lipinski definition) is 3. The molecule has 1 rings (SSSR count). The summed E-state index contributed by atoms with van der Waals surface area (Å²) in [5.41, 5.74) is 3.46. The highest BCUT2D eigenvalue weighted by Gasteiger charge is 2.09. The van der Waals surface area contributed by atoms with E-state index in [1.54, 1.807) is 0 Å². The third kappa shape index (κ3) is 2.05. The van der Waals surface area contributed by atoms with E-state index in [4.69, 9.17) is 0 Å². The van der Waals surface area contributed by atoms with Crippen molar-refractivity contribution in [1.29, 1.82) is 0 Å². The molecule has 1 heterocycles. The number of amides is 1. The smallest absolute Gasteiger partial charge is 0.236 e. The summed E-state index contributed by atoms with van der Waals surface area (Å²) in [6, 6.07) is 0. The molecule has 1 aliphatic rings. The SMILES string of the molecule is CC(=O)NN=C1CSC1. The normalized spacial score (nSPS) is 16.3. The van der Waals surface area contributed by atoms with Crippen LogP contribution in [-0.2, 0) is 4.79 Å². The molecule has 50 valence electrons. The third-order valence-corrected chi connectivity index (χ3v) is 1.98. The summed E-state index contributed by atoms with van der Waals surface area (Å²) < 4.78 is 0. The molecule has 9 heavy (non-hydrogen) atoms. The fourth-order valence-electron chi connectivity index (χ4n) is 0.416. The predicted molar refractivity (Wildman–Crippen MR) is 38.6 cm³/mol. The van der Waals surface area contributed by atoms with Crippen LogP contribution < -0.4 is 5.43 Å². The maximum absolute atomic E-state index is 10.3. The third-order valence-electron chi connectivity index (χ3n) is 0.909. The molecular weight excluding hydrogens is 136 g/mol. The van der Waals surface area contributed by atoms with Crippen LogP contribution in [-0.4, -0.2) is 23.1 Å². The summed E-state index contributed by atoms with van der Waals surface area (Å²) in [6.07, 6.45) is 0. The molecule has 1 saturated heterocycles. The van der Waals surface area contributed by atoms with Crippen LogP contribution in [0.25, 0.3) is 0 Å². The molecular formula is C5H8N2OS. The topological polar surface area (TPSA) is 41.5 Å². The highest BCUT2D eigenvalue weighted by atomic mass is 32.2. The second-order valence-corrected chi connectivity index (χ2v) is 2.82. The van der Waals surface area contributed by atoms with Gasteiger partial charge in [-0.25, -0.2) is 5.43 Å².